The van der Waals surface area contributed by atoms with Crippen LogP contribution < -0.4 is 4.91 Å². The third-order valence-electron chi connectivity index (χ3n) is 0.394. The summed E-state index contributed by atoms with van der Waals surface area (Å²) in [6.07, 6.45) is 0.975. The van der Waals surface area contributed by atoms with Crippen molar-refractivity contribution in [2.45, 2.75) is 13.3 Å². The van der Waals surface area contributed by atoms with Gasteiger partial charge in [0.1, 0.15) is 17.2 Å². The molecule has 0 unspecified atom stereocenters. The first-order chi connectivity index (χ1) is 2.91. The predicted octanol–water partition coefficient (Wildman–Crippen LogP) is 0.947. The van der Waals surface area contributed by atoms with Gasteiger partial charge in [0.15, 0.2) is 0 Å². The molecule has 1 N–H and O–H groups in total. The molecular weight excluding hydrogens is 78.1 g/mol. The van der Waals surface area contributed by atoms with E-state index in [1.165, 1.54) is 0 Å². The summed E-state index contributed by atoms with van der Waals surface area (Å²) in [5, 5.41) is 3.38. The Bertz CT molecular complexity index is 62.4. The molecule has 0 heterocycles. The van der Waals surface area contributed by atoms with Crippen LogP contribution in [0.25, 0.3) is 0 Å². The van der Waals surface area contributed by atoms with E-state index in [0.29, 0.717) is 6.54 Å². The summed E-state index contributed by atoms with van der Waals surface area (Å²) in [4.78, 5) is 2.80. The van der Waals surface area contributed by atoms with Gasteiger partial charge >= 0.3 is 0 Å². The maximum Gasteiger partial charge on any atom is 0.214 e. The Hall–Kier alpha value is -0.690. The van der Waals surface area contributed by atoms with Gasteiger partial charge in [-0.3, -0.25) is 0 Å². The first-order valence-corrected chi connectivity index (χ1v) is 1.95. The molecule has 0 rings (SSSR count). The van der Waals surface area contributed by atoms with Crippen molar-refractivity contribution in [1.29, 1.82) is 5.53 Å². The van der Waals surface area contributed by atoms with Gasteiger partial charge in [0, 0.05) is 0 Å². The zero-order valence-corrected chi connectivity index (χ0v) is 3.81. The van der Waals surface area contributed by atoms with E-state index >= 15 is 0 Å². The summed E-state index contributed by atoms with van der Waals surface area (Å²) in [7, 11) is 0. The Kier molecular flexibility index (Phi) is 3.81. The first kappa shape index (κ1) is 5.31. The van der Waals surface area contributed by atoms with Gasteiger partial charge in [-0.05, 0) is 6.42 Å². The Morgan fingerprint density at radius 1 is 1.83 bits per heavy atom. The van der Waals surface area contributed by atoms with Crippen molar-refractivity contribution in [3.05, 3.63) is 0 Å². The molecule has 0 fully saturated rings. The molecule has 0 saturated heterocycles. The number of rotatable bonds is 2. The van der Waals surface area contributed by atoms with Crippen molar-refractivity contribution in [1.82, 2.24) is 4.91 Å². The monoisotopic (exact) mass is 86.1 g/mol. The second kappa shape index (κ2) is 4.31. The molecule has 0 aliphatic rings. The third-order valence-corrected chi connectivity index (χ3v) is 0.394. The van der Waals surface area contributed by atoms with Crippen molar-refractivity contribution in [3.63, 3.8) is 0 Å². The van der Waals surface area contributed by atoms with Gasteiger partial charge in [-0.25, -0.2) is 0 Å². The molecule has 6 heavy (non-hydrogen) atoms. The molecule has 0 bridgehead atoms. The third kappa shape index (κ3) is 3.31. The average Bonchev–Trinajstić information content (AvgIpc) is 1.61. The fraction of sp³-hybridized carbons (Fsp3) is 1.00. The SMILES string of the molecule is CCCN=[N+]=N. The zero-order valence-electron chi connectivity index (χ0n) is 3.81. The van der Waals surface area contributed by atoms with Crippen molar-refractivity contribution < 1.29 is 0 Å². The normalized spacial score (nSPS) is 6.83. The van der Waals surface area contributed by atoms with Crippen molar-refractivity contribution in [2.75, 3.05) is 6.54 Å². The van der Waals surface area contributed by atoms with Gasteiger partial charge in [-0.2, -0.15) is 0 Å². The summed E-state index contributed by atoms with van der Waals surface area (Å²) in [5.74, 6) is 0. The molecule has 0 radical (unpaired) electrons. The lowest BCUT2D eigenvalue weighted by Gasteiger charge is -1.63. The van der Waals surface area contributed by atoms with Crippen LogP contribution in [0.4, 0.5) is 0 Å². The fourth-order valence-corrected chi connectivity index (χ4v) is 0.150. The van der Waals surface area contributed by atoms with Crippen molar-refractivity contribution in [3.8, 4) is 0 Å². The quantitative estimate of drug-likeness (QED) is 0.384. The van der Waals surface area contributed by atoms with Crippen LogP contribution in [0.15, 0.2) is 5.11 Å². The topological polar surface area (TPSA) is 50.3 Å². The highest BCUT2D eigenvalue weighted by atomic mass is 15.1. The van der Waals surface area contributed by atoms with E-state index in [0.717, 1.165) is 6.42 Å². The molecule has 0 aromatic heterocycles. The standard InChI is InChI=1S/C3H8N3/c1-2-3-5-6-4/h4H,2-3H2,1H3/q+1. The molecule has 0 amide bonds. The van der Waals surface area contributed by atoms with E-state index in [9.17, 15) is 0 Å². The zero-order chi connectivity index (χ0) is 4.83. The lowest BCUT2D eigenvalue weighted by Crippen LogP contribution is -1.70. The second-order valence-electron chi connectivity index (χ2n) is 0.965. The minimum atomic E-state index is 0.684. The summed E-state index contributed by atoms with van der Waals surface area (Å²) < 4.78 is 0. The van der Waals surface area contributed by atoms with Crippen LogP contribution in [0.5, 0.6) is 0 Å². The van der Waals surface area contributed by atoms with Crippen LogP contribution in [-0.2, 0) is 0 Å². The second-order valence-corrected chi connectivity index (χ2v) is 0.965. The number of nitrogens with one attached hydrogen (secondary N) is 1. The maximum absolute atomic E-state index is 6.16. The highest BCUT2D eigenvalue weighted by Crippen LogP contribution is 1.70. The van der Waals surface area contributed by atoms with Gasteiger partial charge in [-0.15, -0.1) is 0 Å². The van der Waals surface area contributed by atoms with Gasteiger partial charge in [0.25, 0.3) is 0 Å². The molecule has 0 atom stereocenters. The minimum absolute atomic E-state index is 0.684. The summed E-state index contributed by atoms with van der Waals surface area (Å²) >= 11 is 0. The van der Waals surface area contributed by atoms with Gasteiger partial charge < -0.3 is 0 Å². The van der Waals surface area contributed by atoms with Gasteiger partial charge in [0.2, 0.25) is 4.91 Å². The highest BCUT2D eigenvalue weighted by Gasteiger charge is 1.75. The van der Waals surface area contributed by atoms with E-state index in [1.54, 1.807) is 0 Å². The van der Waals surface area contributed by atoms with Crippen molar-refractivity contribution in [2.24, 2.45) is 5.11 Å². The van der Waals surface area contributed by atoms with E-state index in [1.807, 2.05) is 6.92 Å². The van der Waals surface area contributed by atoms with Crippen LogP contribution in [0.3, 0.4) is 0 Å². The minimum Gasteiger partial charge on any atom is -0.0634 e. The van der Waals surface area contributed by atoms with Crippen molar-refractivity contribution >= 4 is 0 Å². The smallest absolute Gasteiger partial charge is 0.0634 e. The lowest BCUT2D eigenvalue weighted by molar-refractivity contribution is 0.817. The summed E-state index contributed by atoms with van der Waals surface area (Å²) in [6.45, 7) is 2.68. The molecule has 3 nitrogen and oxygen atoms in total. The maximum atomic E-state index is 6.16. The first-order valence-electron chi connectivity index (χ1n) is 1.95. The van der Waals surface area contributed by atoms with E-state index < -0.39 is 0 Å². The molecule has 34 valence electrons. The fourth-order valence-electron chi connectivity index (χ4n) is 0.150. The van der Waals surface area contributed by atoms with Crippen LogP contribution in [0, 0.1) is 5.53 Å². The van der Waals surface area contributed by atoms with E-state index in [-0.39, 0.29) is 0 Å². The van der Waals surface area contributed by atoms with Crippen LogP contribution in [0.1, 0.15) is 13.3 Å². The molecule has 0 saturated carbocycles. The molecule has 3 heteroatoms. The van der Waals surface area contributed by atoms with E-state index in [2.05, 4.69) is 10.0 Å². The van der Waals surface area contributed by atoms with Gasteiger partial charge in [0.05, 0.1) is 0 Å². The Labute approximate surface area is 36.6 Å². The van der Waals surface area contributed by atoms with Crippen LogP contribution >= 0.6 is 0 Å². The summed E-state index contributed by atoms with van der Waals surface area (Å²) in [5.41, 5.74) is 6.16. The largest absolute Gasteiger partial charge is 0.214 e. The molecule has 0 aliphatic heterocycles. The Balaban J connectivity index is 2.86. The van der Waals surface area contributed by atoms with E-state index in [4.69, 9.17) is 5.53 Å². The number of hydrogen-bond donors (Lipinski definition) is 1. The average molecular weight is 86.1 g/mol. The van der Waals surface area contributed by atoms with Crippen LogP contribution in [0.2, 0.25) is 0 Å². The number of nitrogens with zero attached hydrogens (tertiary/aromatic N) is 2. The molecular formula is C3H8N3+. The molecule has 0 aliphatic carbocycles. The molecule has 0 spiro atoms. The lowest BCUT2D eigenvalue weighted by atomic mass is 10.5. The molecule has 0 aromatic rings. The Morgan fingerprint density at radius 3 is 2.67 bits per heavy atom. The molecule has 0 aromatic carbocycles. The van der Waals surface area contributed by atoms with Gasteiger partial charge in [-0.1, -0.05) is 6.92 Å². The van der Waals surface area contributed by atoms with Crippen LogP contribution in [-0.4, -0.2) is 6.54 Å². The summed E-state index contributed by atoms with van der Waals surface area (Å²) in [6, 6.07) is 0. The highest BCUT2D eigenvalue weighted by molar-refractivity contribution is 4.25. The predicted molar refractivity (Wildman–Crippen MR) is 22.4 cm³/mol. The Morgan fingerprint density at radius 2 is 2.50 bits per heavy atom. The number of hydrogen-bond acceptors (Lipinski definition) is 2.